The van der Waals surface area contributed by atoms with E-state index < -0.39 is 11.7 Å². The molecule has 2 aromatic carbocycles. The summed E-state index contributed by atoms with van der Waals surface area (Å²) in [4.78, 5) is 1.97. The predicted octanol–water partition coefficient (Wildman–Crippen LogP) is 7.07. The van der Waals surface area contributed by atoms with Gasteiger partial charge in [-0.1, -0.05) is 45.2 Å². The first-order valence-corrected chi connectivity index (χ1v) is 9.47. The van der Waals surface area contributed by atoms with Gasteiger partial charge in [-0.05, 0) is 42.7 Å². The lowest BCUT2D eigenvalue weighted by molar-refractivity contribution is -0.137. The number of methoxy groups -OCH3 is 1. The van der Waals surface area contributed by atoms with Gasteiger partial charge in [-0.2, -0.15) is 13.2 Å². The molecule has 27 heavy (non-hydrogen) atoms. The minimum Gasteiger partial charge on any atom is -0.497 e. The summed E-state index contributed by atoms with van der Waals surface area (Å²) in [5.41, 5.74) is 0.756. The molecule has 1 unspecified atom stereocenters. The first-order chi connectivity index (χ1) is 12.9. The Morgan fingerprint density at radius 1 is 1.00 bits per heavy atom. The molecule has 0 bridgehead atoms. The van der Waals surface area contributed by atoms with Gasteiger partial charge < -0.3 is 9.64 Å². The number of nitrogens with zero attached hydrogens (tertiary/aromatic N) is 1. The van der Waals surface area contributed by atoms with Crippen LogP contribution in [0.15, 0.2) is 48.5 Å². The van der Waals surface area contributed by atoms with E-state index >= 15 is 0 Å². The van der Waals surface area contributed by atoms with Gasteiger partial charge in [0, 0.05) is 24.0 Å². The van der Waals surface area contributed by atoms with Crippen molar-refractivity contribution >= 4 is 11.4 Å². The average Bonchev–Trinajstić information content (AvgIpc) is 2.67. The van der Waals surface area contributed by atoms with Crippen LogP contribution in [0.2, 0.25) is 0 Å². The molecule has 5 heteroatoms. The van der Waals surface area contributed by atoms with Crippen molar-refractivity contribution in [3.63, 3.8) is 0 Å². The number of unbranched alkanes of at least 4 members (excludes halogenated alkanes) is 1. The SMILES string of the molecule is CCCCC(CC)CN(c1cccc(OC)c1)c1cccc(C(F)(F)F)c1. The fourth-order valence-corrected chi connectivity index (χ4v) is 3.16. The van der Waals surface area contributed by atoms with Crippen molar-refractivity contribution in [3.05, 3.63) is 54.1 Å². The van der Waals surface area contributed by atoms with Crippen LogP contribution in [-0.2, 0) is 6.18 Å². The Bertz CT molecular complexity index is 715. The molecular weight excluding hydrogens is 351 g/mol. The normalized spacial score (nSPS) is 12.7. The van der Waals surface area contributed by atoms with Gasteiger partial charge in [0.15, 0.2) is 0 Å². The van der Waals surface area contributed by atoms with Crippen molar-refractivity contribution in [2.75, 3.05) is 18.6 Å². The zero-order valence-corrected chi connectivity index (χ0v) is 16.2. The minimum absolute atomic E-state index is 0.408. The minimum atomic E-state index is -4.36. The van der Waals surface area contributed by atoms with Gasteiger partial charge in [0.2, 0.25) is 0 Å². The number of ether oxygens (including phenoxy) is 1. The summed E-state index contributed by atoms with van der Waals surface area (Å²) in [5, 5.41) is 0. The maximum absolute atomic E-state index is 13.2. The average molecular weight is 379 g/mol. The second-order valence-corrected chi connectivity index (χ2v) is 6.78. The van der Waals surface area contributed by atoms with Crippen molar-refractivity contribution in [2.45, 2.75) is 45.7 Å². The summed E-state index contributed by atoms with van der Waals surface area (Å²) < 4.78 is 44.9. The highest BCUT2D eigenvalue weighted by atomic mass is 19.4. The number of halogens is 3. The molecule has 0 saturated carbocycles. The van der Waals surface area contributed by atoms with E-state index in [0.29, 0.717) is 23.9 Å². The van der Waals surface area contributed by atoms with Gasteiger partial charge in [-0.25, -0.2) is 0 Å². The highest BCUT2D eigenvalue weighted by Crippen LogP contribution is 2.35. The Morgan fingerprint density at radius 2 is 1.67 bits per heavy atom. The first-order valence-electron chi connectivity index (χ1n) is 9.47. The third-order valence-electron chi connectivity index (χ3n) is 4.83. The van der Waals surface area contributed by atoms with E-state index in [0.717, 1.165) is 37.4 Å². The zero-order chi connectivity index (χ0) is 19.9. The summed E-state index contributed by atoms with van der Waals surface area (Å²) >= 11 is 0. The number of anilines is 2. The van der Waals surface area contributed by atoms with E-state index in [2.05, 4.69) is 13.8 Å². The highest BCUT2D eigenvalue weighted by Gasteiger charge is 2.31. The molecule has 1 atom stereocenters. The van der Waals surface area contributed by atoms with Crippen LogP contribution in [0.25, 0.3) is 0 Å². The van der Waals surface area contributed by atoms with Gasteiger partial charge in [-0.3, -0.25) is 0 Å². The van der Waals surface area contributed by atoms with Crippen LogP contribution >= 0.6 is 0 Å². The third-order valence-corrected chi connectivity index (χ3v) is 4.83. The molecule has 0 saturated heterocycles. The number of rotatable bonds is 9. The molecule has 0 aliphatic carbocycles. The van der Waals surface area contributed by atoms with Crippen molar-refractivity contribution < 1.29 is 17.9 Å². The van der Waals surface area contributed by atoms with Crippen LogP contribution in [-0.4, -0.2) is 13.7 Å². The lowest BCUT2D eigenvalue weighted by atomic mass is 9.98. The van der Waals surface area contributed by atoms with Crippen LogP contribution in [0.3, 0.4) is 0 Å². The lowest BCUT2D eigenvalue weighted by Crippen LogP contribution is -2.25. The van der Waals surface area contributed by atoms with E-state index in [-0.39, 0.29) is 0 Å². The van der Waals surface area contributed by atoms with Gasteiger partial charge >= 0.3 is 6.18 Å². The summed E-state index contributed by atoms with van der Waals surface area (Å²) in [6.45, 7) is 4.96. The van der Waals surface area contributed by atoms with Crippen LogP contribution in [0.4, 0.5) is 24.5 Å². The van der Waals surface area contributed by atoms with Crippen LogP contribution < -0.4 is 9.64 Å². The molecule has 0 fully saturated rings. The molecule has 2 rings (SSSR count). The largest absolute Gasteiger partial charge is 0.497 e. The summed E-state index contributed by atoms with van der Waals surface area (Å²) in [6.07, 6.45) is -0.0828. The molecule has 2 nitrogen and oxygen atoms in total. The Hall–Kier alpha value is -2.17. The maximum Gasteiger partial charge on any atom is 0.416 e. The predicted molar refractivity (Wildman–Crippen MR) is 105 cm³/mol. The topological polar surface area (TPSA) is 12.5 Å². The fraction of sp³-hybridized carbons (Fsp3) is 0.455. The van der Waals surface area contributed by atoms with E-state index in [4.69, 9.17) is 4.74 Å². The number of hydrogen-bond donors (Lipinski definition) is 0. The summed E-state index contributed by atoms with van der Waals surface area (Å²) in [5.74, 6) is 1.09. The van der Waals surface area contributed by atoms with Crippen LogP contribution in [0.1, 0.15) is 45.1 Å². The Labute approximate surface area is 160 Å². The van der Waals surface area contributed by atoms with E-state index in [1.54, 1.807) is 13.2 Å². The fourth-order valence-electron chi connectivity index (χ4n) is 3.16. The molecule has 0 amide bonds. The second-order valence-electron chi connectivity index (χ2n) is 6.78. The first kappa shape index (κ1) is 21.1. The quantitative estimate of drug-likeness (QED) is 0.462. The van der Waals surface area contributed by atoms with Gasteiger partial charge in [-0.15, -0.1) is 0 Å². The summed E-state index contributed by atoms with van der Waals surface area (Å²) in [7, 11) is 1.59. The number of benzene rings is 2. The second kappa shape index (κ2) is 9.67. The van der Waals surface area contributed by atoms with Gasteiger partial charge in [0.25, 0.3) is 0 Å². The maximum atomic E-state index is 13.2. The smallest absolute Gasteiger partial charge is 0.416 e. The molecule has 0 N–H and O–H groups in total. The molecule has 0 aromatic heterocycles. The molecule has 0 aliphatic heterocycles. The molecule has 0 spiro atoms. The molecule has 0 radical (unpaired) electrons. The Morgan fingerprint density at radius 3 is 2.26 bits per heavy atom. The monoisotopic (exact) mass is 379 g/mol. The number of alkyl halides is 3. The van der Waals surface area contributed by atoms with Crippen molar-refractivity contribution in [1.82, 2.24) is 0 Å². The van der Waals surface area contributed by atoms with Crippen LogP contribution in [0, 0.1) is 5.92 Å². The lowest BCUT2D eigenvalue weighted by Gasteiger charge is -2.30. The molecule has 0 heterocycles. The van der Waals surface area contributed by atoms with Crippen molar-refractivity contribution in [1.29, 1.82) is 0 Å². The molecule has 0 aliphatic rings. The number of hydrogen-bond acceptors (Lipinski definition) is 2. The van der Waals surface area contributed by atoms with E-state index in [1.807, 2.05) is 29.2 Å². The molecule has 2 aromatic rings. The summed E-state index contributed by atoms with van der Waals surface area (Å²) in [6, 6.07) is 13.0. The Kier molecular flexibility index (Phi) is 7.57. The van der Waals surface area contributed by atoms with Crippen molar-refractivity contribution in [3.8, 4) is 5.75 Å². The van der Waals surface area contributed by atoms with E-state index in [1.165, 1.54) is 12.1 Å². The van der Waals surface area contributed by atoms with E-state index in [9.17, 15) is 13.2 Å². The Balaban J connectivity index is 2.42. The van der Waals surface area contributed by atoms with Crippen LogP contribution in [0.5, 0.6) is 5.75 Å². The van der Waals surface area contributed by atoms with Crippen molar-refractivity contribution in [2.24, 2.45) is 5.92 Å². The standard InChI is InChI=1S/C22H28F3NO/c1-4-6-9-17(5-2)16-26(20-12-8-13-21(15-20)27-3)19-11-7-10-18(14-19)22(23,24)25/h7-8,10-15,17H,4-6,9,16H2,1-3H3. The molecular formula is C22H28F3NO. The third kappa shape index (κ3) is 5.91. The molecule has 148 valence electrons. The highest BCUT2D eigenvalue weighted by molar-refractivity contribution is 5.65. The van der Waals surface area contributed by atoms with Gasteiger partial charge in [0.1, 0.15) is 5.75 Å². The zero-order valence-electron chi connectivity index (χ0n) is 16.2. The van der Waals surface area contributed by atoms with Gasteiger partial charge in [0.05, 0.1) is 12.7 Å².